The summed E-state index contributed by atoms with van der Waals surface area (Å²) in [5, 5.41) is 6.03. The van der Waals surface area contributed by atoms with Crippen molar-refractivity contribution in [3.05, 3.63) is 42.6 Å². The average molecular weight is 299 g/mol. The highest BCUT2D eigenvalue weighted by Gasteiger charge is 2.03. The highest BCUT2D eigenvalue weighted by molar-refractivity contribution is 5.89. The Morgan fingerprint density at radius 2 is 2.09 bits per heavy atom. The van der Waals surface area contributed by atoms with Crippen molar-refractivity contribution in [1.29, 1.82) is 0 Å². The zero-order valence-corrected chi connectivity index (χ0v) is 12.9. The van der Waals surface area contributed by atoms with Crippen LogP contribution in [0.2, 0.25) is 0 Å². The number of carbonyl (C=O) groups is 1. The molecule has 0 aliphatic carbocycles. The molecule has 1 amide bonds. The molecule has 0 radical (unpaired) electrons. The van der Waals surface area contributed by atoms with Crippen molar-refractivity contribution >= 4 is 23.1 Å². The van der Waals surface area contributed by atoms with Crippen LogP contribution >= 0.6 is 0 Å². The molecule has 0 unspecified atom stereocenters. The van der Waals surface area contributed by atoms with E-state index in [-0.39, 0.29) is 5.91 Å². The number of amides is 1. The molecule has 0 aliphatic rings. The van der Waals surface area contributed by atoms with Crippen LogP contribution in [0.1, 0.15) is 26.2 Å². The van der Waals surface area contributed by atoms with E-state index in [1.807, 2.05) is 30.3 Å². The summed E-state index contributed by atoms with van der Waals surface area (Å²) < 4.78 is 5.18. The van der Waals surface area contributed by atoms with Crippen LogP contribution in [0.4, 0.5) is 17.2 Å². The van der Waals surface area contributed by atoms with Crippen molar-refractivity contribution in [2.24, 2.45) is 0 Å². The Morgan fingerprint density at radius 3 is 2.77 bits per heavy atom. The van der Waals surface area contributed by atoms with E-state index < -0.39 is 0 Å². The fourth-order valence-electron chi connectivity index (χ4n) is 1.95. The first-order valence-corrected chi connectivity index (χ1v) is 7.38. The van der Waals surface area contributed by atoms with Crippen molar-refractivity contribution in [3.63, 3.8) is 0 Å². The molecule has 5 nitrogen and oxygen atoms in total. The standard InChI is InChI=1S/C17H21N3O2/c1-3-4-8-17(21)20-16-10-9-14(12-18-16)19-13-6-5-7-15(11-13)22-2/h5-7,9-12,19H,3-4,8H2,1-2H3,(H,18,20,21). The van der Waals surface area contributed by atoms with Crippen LogP contribution in [-0.2, 0) is 4.79 Å². The molecule has 1 aromatic heterocycles. The monoisotopic (exact) mass is 299 g/mol. The largest absolute Gasteiger partial charge is 0.497 e. The van der Waals surface area contributed by atoms with Crippen LogP contribution < -0.4 is 15.4 Å². The molecule has 22 heavy (non-hydrogen) atoms. The molecule has 0 atom stereocenters. The molecule has 2 aromatic rings. The normalized spacial score (nSPS) is 10.1. The number of methoxy groups -OCH3 is 1. The average Bonchev–Trinajstić information content (AvgIpc) is 2.55. The van der Waals surface area contributed by atoms with Crippen molar-refractivity contribution in [2.45, 2.75) is 26.2 Å². The van der Waals surface area contributed by atoms with Gasteiger partial charge in [0.2, 0.25) is 5.91 Å². The number of hydrogen-bond acceptors (Lipinski definition) is 4. The Morgan fingerprint density at radius 1 is 1.23 bits per heavy atom. The van der Waals surface area contributed by atoms with Gasteiger partial charge in [0, 0.05) is 18.2 Å². The van der Waals surface area contributed by atoms with E-state index in [1.165, 1.54) is 0 Å². The van der Waals surface area contributed by atoms with Gasteiger partial charge in [-0.05, 0) is 30.7 Å². The third kappa shape index (κ3) is 4.77. The van der Waals surface area contributed by atoms with Gasteiger partial charge in [0.05, 0.1) is 19.0 Å². The number of benzene rings is 1. The molecule has 5 heteroatoms. The second-order valence-electron chi connectivity index (χ2n) is 4.94. The Balaban J connectivity index is 1.95. The van der Waals surface area contributed by atoms with Gasteiger partial charge in [-0.1, -0.05) is 19.4 Å². The summed E-state index contributed by atoms with van der Waals surface area (Å²) in [6, 6.07) is 11.3. The minimum Gasteiger partial charge on any atom is -0.497 e. The second-order valence-corrected chi connectivity index (χ2v) is 4.94. The lowest BCUT2D eigenvalue weighted by Crippen LogP contribution is -2.12. The van der Waals surface area contributed by atoms with Gasteiger partial charge >= 0.3 is 0 Å². The van der Waals surface area contributed by atoms with Gasteiger partial charge in [0.15, 0.2) is 0 Å². The topological polar surface area (TPSA) is 63.2 Å². The molecule has 0 bridgehead atoms. The van der Waals surface area contributed by atoms with E-state index >= 15 is 0 Å². The number of pyridine rings is 1. The molecule has 2 rings (SSSR count). The van der Waals surface area contributed by atoms with Gasteiger partial charge in [-0.15, -0.1) is 0 Å². The van der Waals surface area contributed by atoms with Crippen molar-refractivity contribution < 1.29 is 9.53 Å². The maximum Gasteiger partial charge on any atom is 0.225 e. The summed E-state index contributed by atoms with van der Waals surface area (Å²) >= 11 is 0. The predicted molar refractivity (Wildman–Crippen MR) is 88.7 cm³/mol. The molecular formula is C17H21N3O2. The van der Waals surface area contributed by atoms with Crippen LogP contribution in [0.15, 0.2) is 42.6 Å². The fourth-order valence-corrected chi connectivity index (χ4v) is 1.95. The number of carbonyl (C=O) groups excluding carboxylic acids is 1. The summed E-state index contributed by atoms with van der Waals surface area (Å²) in [5.74, 6) is 1.36. The van der Waals surface area contributed by atoms with Gasteiger partial charge in [-0.3, -0.25) is 4.79 Å². The lowest BCUT2D eigenvalue weighted by atomic mass is 10.2. The molecule has 0 aliphatic heterocycles. The smallest absolute Gasteiger partial charge is 0.225 e. The molecule has 2 N–H and O–H groups in total. The van der Waals surface area contributed by atoms with Gasteiger partial charge in [0.25, 0.3) is 0 Å². The molecule has 0 saturated heterocycles. The summed E-state index contributed by atoms with van der Waals surface area (Å²) in [7, 11) is 1.64. The van der Waals surface area contributed by atoms with Gasteiger partial charge in [-0.2, -0.15) is 0 Å². The lowest BCUT2D eigenvalue weighted by molar-refractivity contribution is -0.116. The zero-order valence-electron chi connectivity index (χ0n) is 12.9. The number of rotatable bonds is 7. The zero-order chi connectivity index (χ0) is 15.8. The predicted octanol–water partition coefficient (Wildman–Crippen LogP) is 3.96. The first kappa shape index (κ1) is 15.8. The third-order valence-corrected chi connectivity index (χ3v) is 3.15. The minimum atomic E-state index is 0.00264. The number of anilines is 3. The van der Waals surface area contributed by atoms with Crippen LogP contribution in [0.25, 0.3) is 0 Å². The molecular weight excluding hydrogens is 278 g/mol. The first-order valence-electron chi connectivity index (χ1n) is 7.38. The maximum absolute atomic E-state index is 11.6. The Bertz CT molecular complexity index is 612. The Labute approximate surface area is 130 Å². The molecule has 0 saturated carbocycles. The van der Waals surface area contributed by atoms with Gasteiger partial charge in [0.1, 0.15) is 11.6 Å². The molecule has 0 spiro atoms. The maximum atomic E-state index is 11.6. The summed E-state index contributed by atoms with van der Waals surface area (Å²) in [4.78, 5) is 15.9. The van der Waals surface area contributed by atoms with E-state index in [4.69, 9.17) is 4.74 Å². The minimum absolute atomic E-state index is 0.00264. The van der Waals surface area contributed by atoms with Crippen molar-refractivity contribution in [2.75, 3.05) is 17.7 Å². The highest BCUT2D eigenvalue weighted by Crippen LogP contribution is 2.21. The van der Waals surface area contributed by atoms with E-state index in [2.05, 4.69) is 22.5 Å². The number of nitrogens with zero attached hydrogens (tertiary/aromatic N) is 1. The second kappa shape index (κ2) is 8.02. The van der Waals surface area contributed by atoms with E-state index in [0.717, 1.165) is 30.0 Å². The summed E-state index contributed by atoms with van der Waals surface area (Å²) in [6.45, 7) is 2.06. The van der Waals surface area contributed by atoms with Gasteiger partial charge < -0.3 is 15.4 Å². The van der Waals surface area contributed by atoms with Gasteiger partial charge in [-0.25, -0.2) is 4.98 Å². The van der Waals surface area contributed by atoms with Crippen LogP contribution in [0, 0.1) is 0 Å². The number of unbranched alkanes of at least 4 members (excludes halogenated alkanes) is 1. The number of aromatic nitrogens is 1. The van der Waals surface area contributed by atoms with Crippen LogP contribution in [0.5, 0.6) is 5.75 Å². The van der Waals surface area contributed by atoms with Crippen molar-refractivity contribution in [3.8, 4) is 5.75 Å². The lowest BCUT2D eigenvalue weighted by Gasteiger charge is -2.09. The highest BCUT2D eigenvalue weighted by atomic mass is 16.5. The Kier molecular flexibility index (Phi) is 5.77. The fraction of sp³-hybridized carbons (Fsp3) is 0.294. The van der Waals surface area contributed by atoms with Crippen LogP contribution in [0.3, 0.4) is 0 Å². The quantitative estimate of drug-likeness (QED) is 0.812. The third-order valence-electron chi connectivity index (χ3n) is 3.15. The van der Waals surface area contributed by atoms with Crippen LogP contribution in [-0.4, -0.2) is 18.0 Å². The van der Waals surface area contributed by atoms with E-state index in [9.17, 15) is 4.79 Å². The first-order chi connectivity index (χ1) is 10.7. The summed E-state index contributed by atoms with van der Waals surface area (Å²) in [6.07, 6.45) is 4.11. The van der Waals surface area contributed by atoms with E-state index in [0.29, 0.717) is 12.2 Å². The Hall–Kier alpha value is -2.56. The number of hydrogen-bond donors (Lipinski definition) is 2. The SMILES string of the molecule is CCCCC(=O)Nc1ccc(Nc2cccc(OC)c2)cn1. The number of nitrogens with one attached hydrogen (secondary N) is 2. The molecule has 1 heterocycles. The number of ether oxygens (including phenoxy) is 1. The van der Waals surface area contributed by atoms with Crippen molar-refractivity contribution in [1.82, 2.24) is 4.98 Å². The van der Waals surface area contributed by atoms with E-state index in [1.54, 1.807) is 19.4 Å². The molecule has 0 fully saturated rings. The molecule has 1 aromatic carbocycles. The summed E-state index contributed by atoms with van der Waals surface area (Å²) in [5.41, 5.74) is 1.76. The molecule has 116 valence electrons.